The first-order valence-corrected chi connectivity index (χ1v) is 5.05. The van der Waals surface area contributed by atoms with Crippen molar-refractivity contribution in [3.63, 3.8) is 0 Å². The van der Waals surface area contributed by atoms with Crippen LogP contribution in [0.15, 0.2) is 18.2 Å². The molecule has 0 unspecified atom stereocenters. The second kappa shape index (κ2) is 4.27. The zero-order valence-electron chi connectivity index (χ0n) is 8.83. The number of benzene rings is 1. The molecule has 6 heteroatoms. The molecule has 0 aromatic heterocycles. The molecule has 1 aromatic carbocycles. The highest BCUT2D eigenvalue weighted by molar-refractivity contribution is 5.50. The predicted molar refractivity (Wildman–Crippen MR) is 53.3 cm³/mol. The van der Waals surface area contributed by atoms with E-state index in [2.05, 4.69) is 4.74 Å². The Kier molecular flexibility index (Phi) is 2.95. The Bertz CT molecular complexity index is 431. The second-order valence-corrected chi connectivity index (χ2v) is 3.80. The molecule has 1 heterocycles. The minimum absolute atomic E-state index is 0.246. The molecule has 2 rings (SSSR count). The first kappa shape index (κ1) is 11.8. The van der Waals surface area contributed by atoms with Crippen molar-refractivity contribution >= 4 is 6.41 Å². The molecule has 1 aliphatic rings. The Labute approximate surface area is 95.8 Å². The van der Waals surface area contributed by atoms with Crippen LogP contribution in [0.3, 0.4) is 0 Å². The Morgan fingerprint density at radius 1 is 1.29 bits per heavy atom. The van der Waals surface area contributed by atoms with E-state index in [0.717, 1.165) is 5.56 Å². The molecule has 0 saturated heterocycles. The van der Waals surface area contributed by atoms with E-state index in [9.17, 15) is 18.0 Å². The van der Waals surface area contributed by atoms with E-state index in [-0.39, 0.29) is 5.75 Å². The number of nitrogens with zero attached hydrogens (tertiary/aromatic N) is 1. The third-order valence-electron chi connectivity index (χ3n) is 2.60. The molecule has 0 N–H and O–H groups in total. The van der Waals surface area contributed by atoms with Crippen molar-refractivity contribution in [2.45, 2.75) is 19.3 Å². The van der Waals surface area contributed by atoms with Crippen molar-refractivity contribution in [1.29, 1.82) is 0 Å². The number of ether oxygens (including phenoxy) is 1. The molecule has 92 valence electrons. The molecule has 0 bridgehead atoms. The van der Waals surface area contributed by atoms with Crippen molar-refractivity contribution in [2.75, 3.05) is 6.54 Å². The van der Waals surface area contributed by atoms with Gasteiger partial charge in [-0.25, -0.2) is 0 Å². The third-order valence-corrected chi connectivity index (χ3v) is 2.60. The average Bonchev–Trinajstić information content (AvgIpc) is 2.26. The van der Waals surface area contributed by atoms with Gasteiger partial charge in [-0.15, -0.1) is 13.2 Å². The van der Waals surface area contributed by atoms with Crippen molar-refractivity contribution in [1.82, 2.24) is 4.90 Å². The largest absolute Gasteiger partial charge is 0.573 e. The number of carbonyl (C=O) groups is 1. The molecular formula is C11H10F3NO2. The van der Waals surface area contributed by atoms with Crippen LogP contribution in [0, 0.1) is 0 Å². The Morgan fingerprint density at radius 3 is 2.71 bits per heavy atom. The van der Waals surface area contributed by atoms with E-state index in [1.54, 1.807) is 6.07 Å². The summed E-state index contributed by atoms with van der Waals surface area (Å²) in [5.74, 6) is -0.246. The fourth-order valence-electron chi connectivity index (χ4n) is 1.84. The molecule has 1 aliphatic heterocycles. The van der Waals surface area contributed by atoms with Crippen molar-refractivity contribution in [3.05, 3.63) is 29.3 Å². The van der Waals surface area contributed by atoms with Gasteiger partial charge in [0.2, 0.25) is 6.41 Å². The van der Waals surface area contributed by atoms with Crippen LogP contribution in [-0.2, 0) is 17.8 Å². The minimum Gasteiger partial charge on any atom is -0.406 e. The minimum atomic E-state index is -4.69. The lowest BCUT2D eigenvalue weighted by atomic mass is 10.00. The standard InChI is InChI=1S/C11H10F3NO2/c12-11(13,14)17-10-2-1-8-3-4-15(7-16)6-9(8)5-10/h1-2,5,7H,3-4,6H2. The summed E-state index contributed by atoms with van der Waals surface area (Å²) in [4.78, 5) is 12.1. The molecule has 0 fully saturated rings. The average molecular weight is 245 g/mol. The zero-order chi connectivity index (χ0) is 12.5. The highest BCUT2D eigenvalue weighted by atomic mass is 19.4. The van der Waals surface area contributed by atoms with Crippen LogP contribution in [0.1, 0.15) is 11.1 Å². The SMILES string of the molecule is O=CN1CCc2ccc(OC(F)(F)F)cc2C1. The van der Waals surface area contributed by atoms with Gasteiger partial charge in [-0.1, -0.05) is 6.07 Å². The normalized spacial score (nSPS) is 15.4. The van der Waals surface area contributed by atoms with Crippen LogP contribution < -0.4 is 4.74 Å². The molecule has 0 aliphatic carbocycles. The maximum atomic E-state index is 12.0. The lowest BCUT2D eigenvalue weighted by Crippen LogP contribution is -2.29. The number of rotatable bonds is 2. The van der Waals surface area contributed by atoms with Gasteiger partial charge in [0.25, 0.3) is 0 Å². The highest BCUT2D eigenvalue weighted by Gasteiger charge is 2.31. The predicted octanol–water partition coefficient (Wildman–Crippen LogP) is 2.10. The smallest absolute Gasteiger partial charge is 0.406 e. The molecule has 0 atom stereocenters. The zero-order valence-corrected chi connectivity index (χ0v) is 8.83. The number of carbonyl (C=O) groups excluding carboxylic acids is 1. The summed E-state index contributed by atoms with van der Waals surface area (Å²) in [6.07, 6.45) is -3.34. The molecule has 3 nitrogen and oxygen atoms in total. The van der Waals surface area contributed by atoms with E-state index in [4.69, 9.17) is 0 Å². The molecule has 17 heavy (non-hydrogen) atoms. The molecule has 1 amide bonds. The van der Waals surface area contributed by atoms with E-state index in [1.807, 2.05) is 0 Å². The van der Waals surface area contributed by atoms with Gasteiger partial charge < -0.3 is 9.64 Å². The van der Waals surface area contributed by atoms with E-state index < -0.39 is 6.36 Å². The number of alkyl halides is 3. The van der Waals surface area contributed by atoms with Gasteiger partial charge in [0.15, 0.2) is 0 Å². The molecular weight excluding hydrogens is 235 g/mol. The number of halogens is 3. The van der Waals surface area contributed by atoms with Crippen LogP contribution in [0.4, 0.5) is 13.2 Å². The summed E-state index contributed by atoms with van der Waals surface area (Å²) in [6.45, 7) is 0.921. The summed E-state index contributed by atoms with van der Waals surface area (Å²) in [5, 5.41) is 0. The van der Waals surface area contributed by atoms with Crippen LogP contribution >= 0.6 is 0 Å². The summed E-state index contributed by atoms with van der Waals surface area (Å²) < 4.78 is 39.9. The van der Waals surface area contributed by atoms with E-state index in [0.29, 0.717) is 31.5 Å². The van der Waals surface area contributed by atoms with Crippen molar-refractivity contribution in [3.8, 4) is 5.75 Å². The maximum absolute atomic E-state index is 12.0. The summed E-state index contributed by atoms with van der Waals surface area (Å²) in [7, 11) is 0. The summed E-state index contributed by atoms with van der Waals surface area (Å²) >= 11 is 0. The van der Waals surface area contributed by atoms with Gasteiger partial charge in [0, 0.05) is 13.1 Å². The molecule has 0 saturated carbocycles. The number of hydrogen-bond donors (Lipinski definition) is 0. The fraction of sp³-hybridized carbons (Fsp3) is 0.364. The first-order chi connectivity index (χ1) is 7.98. The maximum Gasteiger partial charge on any atom is 0.573 e. The number of amides is 1. The first-order valence-electron chi connectivity index (χ1n) is 5.05. The van der Waals surface area contributed by atoms with Gasteiger partial charge >= 0.3 is 6.36 Å². The Morgan fingerprint density at radius 2 is 2.06 bits per heavy atom. The summed E-state index contributed by atoms with van der Waals surface area (Å²) in [5.41, 5.74) is 1.66. The van der Waals surface area contributed by atoms with Crippen LogP contribution in [0.5, 0.6) is 5.75 Å². The lowest BCUT2D eigenvalue weighted by Gasteiger charge is -2.25. The second-order valence-electron chi connectivity index (χ2n) is 3.80. The molecule has 1 aromatic rings. The van der Waals surface area contributed by atoms with Gasteiger partial charge in [-0.05, 0) is 29.7 Å². The van der Waals surface area contributed by atoms with E-state index in [1.165, 1.54) is 17.0 Å². The topological polar surface area (TPSA) is 29.5 Å². The Balaban J connectivity index is 2.21. The van der Waals surface area contributed by atoms with Gasteiger partial charge in [-0.3, -0.25) is 4.79 Å². The quantitative estimate of drug-likeness (QED) is 0.747. The van der Waals surface area contributed by atoms with Crippen LogP contribution in [0.2, 0.25) is 0 Å². The van der Waals surface area contributed by atoms with E-state index >= 15 is 0 Å². The number of fused-ring (bicyclic) bond motifs is 1. The van der Waals surface area contributed by atoms with Crippen LogP contribution in [-0.4, -0.2) is 24.2 Å². The lowest BCUT2D eigenvalue weighted by molar-refractivity contribution is -0.274. The molecule has 0 spiro atoms. The van der Waals surface area contributed by atoms with Crippen LogP contribution in [0.25, 0.3) is 0 Å². The van der Waals surface area contributed by atoms with Crippen molar-refractivity contribution in [2.24, 2.45) is 0 Å². The molecule has 0 radical (unpaired) electrons. The van der Waals surface area contributed by atoms with Gasteiger partial charge in [-0.2, -0.15) is 0 Å². The Hall–Kier alpha value is -1.72. The van der Waals surface area contributed by atoms with Gasteiger partial charge in [0.1, 0.15) is 5.75 Å². The monoisotopic (exact) mass is 245 g/mol. The highest BCUT2D eigenvalue weighted by Crippen LogP contribution is 2.27. The number of hydrogen-bond acceptors (Lipinski definition) is 2. The third kappa shape index (κ3) is 2.89. The summed E-state index contributed by atoms with van der Waals surface area (Å²) in [6, 6.07) is 4.24. The fourth-order valence-corrected chi connectivity index (χ4v) is 1.84. The van der Waals surface area contributed by atoms with Crippen molar-refractivity contribution < 1.29 is 22.7 Å². The van der Waals surface area contributed by atoms with Gasteiger partial charge in [0.05, 0.1) is 0 Å².